The van der Waals surface area contributed by atoms with Crippen molar-refractivity contribution in [2.24, 2.45) is 0 Å². The predicted molar refractivity (Wildman–Crippen MR) is 66.7 cm³/mol. The number of hydrogen-bond donors (Lipinski definition) is 2. The Morgan fingerprint density at radius 3 is 2.71 bits per heavy atom. The van der Waals surface area contributed by atoms with Gasteiger partial charge in [-0.25, -0.2) is 0 Å². The van der Waals surface area contributed by atoms with Crippen LogP contribution in [-0.2, 0) is 4.79 Å². The molecule has 1 saturated carbocycles. The molecule has 1 amide bonds. The standard InChI is InChI=1S/C13H24N2O2/c1-9(8-10(2)16)15-7-3-4-12(13(15)17)14-11-5-6-11/h9-12,14,16H,3-8H2,1-2H3. The maximum absolute atomic E-state index is 12.3. The fourth-order valence-electron chi connectivity index (χ4n) is 2.65. The summed E-state index contributed by atoms with van der Waals surface area (Å²) in [6.07, 6.45) is 4.80. The van der Waals surface area contributed by atoms with Crippen LogP contribution in [0.5, 0.6) is 0 Å². The van der Waals surface area contributed by atoms with Crippen LogP contribution >= 0.6 is 0 Å². The third-order valence-electron chi connectivity index (χ3n) is 3.70. The molecular formula is C13H24N2O2. The number of likely N-dealkylation sites (tertiary alicyclic amines) is 1. The lowest BCUT2D eigenvalue weighted by molar-refractivity contribution is -0.138. The zero-order valence-corrected chi connectivity index (χ0v) is 10.9. The molecule has 0 aromatic rings. The second kappa shape index (κ2) is 5.36. The molecule has 2 rings (SSSR count). The summed E-state index contributed by atoms with van der Waals surface area (Å²) in [5.41, 5.74) is 0. The monoisotopic (exact) mass is 240 g/mol. The van der Waals surface area contributed by atoms with E-state index in [2.05, 4.69) is 5.32 Å². The summed E-state index contributed by atoms with van der Waals surface area (Å²) >= 11 is 0. The molecule has 98 valence electrons. The van der Waals surface area contributed by atoms with Gasteiger partial charge in [-0.1, -0.05) is 0 Å². The van der Waals surface area contributed by atoms with Crippen molar-refractivity contribution in [2.75, 3.05) is 6.54 Å². The van der Waals surface area contributed by atoms with Gasteiger partial charge in [0.1, 0.15) is 0 Å². The van der Waals surface area contributed by atoms with Gasteiger partial charge in [0.2, 0.25) is 5.91 Å². The van der Waals surface area contributed by atoms with E-state index >= 15 is 0 Å². The third-order valence-corrected chi connectivity index (χ3v) is 3.70. The van der Waals surface area contributed by atoms with Crippen LogP contribution in [0.15, 0.2) is 0 Å². The van der Waals surface area contributed by atoms with E-state index in [0.717, 1.165) is 19.4 Å². The van der Waals surface area contributed by atoms with Crippen LogP contribution in [-0.4, -0.2) is 46.7 Å². The molecule has 0 aromatic carbocycles. The number of nitrogens with zero attached hydrogens (tertiary/aromatic N) is 1. The average molecular weight is 240 g/mol. The van der Waals surface area contributed by atoms with Crippen LogP contribution in [0.4, 0.5) is 0 Å². The summed E-state index contributed by atoms with van der Waals surface area (Å²) in [7, 11) is 0. The van der Waals surface area contributed by atoms with Gasteiger partial charge in [0.25, 0.3) is 0 Å². The Kier molecular flexibility index (Phi) is 4.05. The van der Waals surface area contributed by atoms with E-state index in [1.807, 2.05) is 11.8 Å². The first-order valence-corrected chi connectivity index (χ1v) is 6.82. The van der Waals surface area contributed by atoms with E-state index in [1.165, 1.54) is 12.8 Å². The molecule has 2 aliphatic rings. The average Bonchev–Trinajstić information content (AvgIpc) is 3.04. The molecule has 4 heteroatoms. The third kappa shape index (κ3) is 3.42. The molecule has 0 aromatic heterocycles. The SMILES string of the molecule is CC(O)CC(C)N1CCCC(NC2CC2)C1=O. The van der Waals surface area contributed by atoms with E-state index in [0.29, 0.717) is 12.5 Å². The molecule has 2 fully saturated rings. The normalized spacial score (nSPS) is 29.2. The largest absolute Gasteiger partial charge is 0.393 e. The summed E-state index contributed by atoms with van der Waals surface area (Å²) < 4.78 is 0. The number of amides is 1. The minimum absolute atomic E-state index is 0.0210. The molecule has 0 radical (unpaired) electrons. The van der Waals surface area contributed by atoms with Gasteiger partial charge in [-0.05, 0) is 46.0 Å². The number of rotatable bonds is 5. The Morgan fingerprint density at radius 1 is 1.41 bits per heavy atom. The fraction of sp³-hybridized carbons (Fsp3) is 0.923. The molecule has 1 aliphatic heterocycles. The van der Waals surface area contributed by atoms with Crippen LogP contribution < -0.4 is 5.32 Å². The number of aliphatic hydroxyl groups excluding tert-OH is 1. The number of carbonyl (C=O) groups is 1. The maximum Gasteiger partial charge on any atom is 0.239 e. The van der Waals surface area contributed by atoms with Crippen molar-refractivity contribution in [3.63, 3.8) is 0 Å². The minimum Gasteiger partial charge on any atom is -0.393 e. The highest BCUT2D eigenvalue weighted by atomic mass is 16.3. The summed E-state index contributed by atoms with van der Waals surface area (Å²) in [6, 6.07) is 0.745. The maximum atomic E-state index is 12.3. The van der Waals surface area contributed by atoms with Crippen LogP contribution in [0.2, 0.25) is 0 Å². The molecule has 0 spiro atoms. The summed E-state index contributed by atoms with van der Waals surface area (Å²) in [4.78, 5) is 14.2. The number of aliphatic hydroxyl groups is 1. The minimum atomic E-state index is -0.338. The van der Waals surface area contributed by atoms with Crippen molar-refractivity contribution in [1.82, 2.24) is 10.2 Å². The fourth-order valence-corrected chi connectivity index (χ4v) is 2.65. The molecule has 1 saturated heterocycles. The molecule has 1 heterocycles. The first-order chi connectivity index (χ1) is 8.08. The van der Waals surface area contributed by atoms with Crippen molar-refractivity contribution < 1.29 is 9.90 Å². The highest BCUT2D eigenvalue weighted by Crippen LogP contribution is 2.23. The lowest BCUT2D eigenvalue weighted by Gasteiger charge is -2.37. The molecular weight excluding hydrogens is 216 g/mol. The summed E-state index contributed by atoms with van der Waals surface area (Å²) in [6.45, 7) is 4.66. The second-order valence-corrected chi connectivity index (χ2v) is 5.60. The van der Waals surface area contributed by atoms with Gasteiger partial charge in [-0.15, -0.1) is 0 Å². The van der Waals surface area contributed by atoms with Crippen molar-refractivity contribution in [1.29, 1.82) is 0 Å². The van der Waals surface area contributed by atoms with Crippen molar-refractivity contribution in [2.45, 2.75) is 70.2 Å². The van der Waals surface area contributed by atoms with Crippen LogP contribution in [0.3, 0.4) is 0 Å². The van der Waals surface area contributed by atoms with Crippen LogP contribution in [0, 0.1) is 0 Å². The lowest BCUT2D eigenvalue weighted by atomic mass is 10.0. The lowest BCUT2D eigenvalue weighted by Crippen LogP contribution is -2.54. The molecule has 4 nitrogen and oxygen atoms in total. The smallest absolute Gasteiger partial charge is 0.239 e. The van der Waals surface area contributed by atoms with Crippen molar-refractivity contribution >= 4 is 5.91 Å². The number of piperidine rings is 1. The highest BCUT2D eigenvalue weighted by Gasteiger charge is 2.35. The van der Waals surface area contributed by atoms with E-state index in [4.69, 9.17) is 0 Å². The van der Waals surface area contributed by atoms with Gasteiger partial charge in [0, 0.05) is 18.6 Å². The zero-order valence-electron chi connectivity index (χ0n) is 10.9. The van der Waals surface area contributed by atoms with Gasteiger partial charge < -0.3 is 15.3 Å². The van der Waals surface area contributed by atoms with Crippen LogP contribution in [0.1, 0.15) is 46.0 Å². The molecule has 1 aliphatic carbocycles. The molecule has 2 N–H and O–H groups in total. The zero-order chi connectivity index (χ0) is 12.4. The molecule has 3 atom stereocenters. The van der Waals surface area contributed by atoms with Crippen molar-refractivity contribution in [3.8, 4) is 0 Å². The quantitative estimate of drug-likeness (QED) is 0.750. The van der Waals surface area contributed by atoms with E-state index in [9.17, 15) is 9.90 Å². The first kappa shape index (κ1) is 12.8. The van der Waals surface area contributed by atoms with E-state index in [-0.39, 0.29) is 24.1 Å². The van der Waals surface area contributed by atoms with Crippen molar-refractivity contribution in [3.05, 3.63) is 0 Å². The molecule has 3 unspecified atom stereocenters. The second-order valence-electron chi connectivity index (χ2n) is 5.60. The topological polar surface area (TPSA) is 52.6 Å². The summed E-state index contributed by atoms with van der Waals surface area (Å²) in [5, 5.41) is 12.8. The summed E-state index contributed by atoms with van der Waals surface area (Å²) in [5.74, 6) is 0.233. The van der Waals surface area contributed by atoms with Gasteiger partial charge in [0.15, 0.2) is 0 Å². The Morgan fingerprint density at radius 2 is 2.12 bits per heavy atom. The number of hydrogen-bond acceptors (Lipinski definition) is 3. The van der Waals surface area contributed by atoms with Gasteiger partial charge in [0.05, 0.1) is 12.1 Å². The van der Waals surface area contributed by atoms with Crippen LogP contribution in [0.25, 0.3) is 0 Å². The molecule has 17 heavy (non-hydrogen) atoms. The van der Waals surface area contributed by atoms with E-state index < -0.39 is 0 Å². The Hall–Kier alpha value is -0.610. The molecule has 0 bridgehead atoms. The Bertz CT molecular complexity index is 277. The highest BCUT2D eigenvalue weighted by molar-refractivity contribution is 5.83. The van der Waals surface area contributed by atoms with E-state index in [1.54, 1.807) is 6.92 Å². The first-order valence-electron chi connectivity index (χ1n) is 6.82. The number of carbonyl (C=O) groups excluding carboxylic acids is 1. The van der Waals surface area contributed by atoms with Gasteiger partial charge >= 0.3 is 0 Å². The van der Waals surface area contributed by atoms with Gasteiger partial charge in [-0.2, -0.15) is 0 Å². The number of nitrogens with one attached hydrogen (secondary N) is 1. The Labute approximate surface area is 103 Å². The Balaban J connectivity index is 1.89. The van der Waals surface area contributed by atoms with Gasteiger partial charge in [-0.3, -0.25) is 4.79 Å². The predicted octanol–water partition coefficient (Wildman–Crippen LogP) is 0.889.